The summed E-state index contributed by atoms with van der Waals surface area (Å²) in [7, 11) is 0. The summed E-state index contributed by atoms with van der Waals surface area (Å²) >= 11 is 0. The molecule has 0 heteroatoms. The third-order valence-corrected chi connectivity index (χ3v) is 6.63. The van der Waals surface area contributed by atoms with Crippen LogP contribution in [0.5, 0.6) is 0 Å². The lowest BCUT2D eigenvalue weighted by Crippen LogP contribution is -2.03. The van der Waals surface area contributed by atoms with E-state index in [9.17, 15) is 0 Å². The molecule has 0 nitrogen and oxygen atoms in total. The van der Waals surface area contributed by atoms with Gasteiger partial charge in [-0.2, -0.15) is 0 Å². The van der Waals surface area contributed by atoms with Crippen molar-refractivity contribution in [2.75, 3.05) is 0 Å². The van der Waals surface area contributed by atoms with Crippen LogP contribution in [0.25, 0.3) is 0 Å². The Bertz CT molecular complexity index is 235. The molecular formula is C25H50. The molecule has 0 heterocycles. The minimum atomic E-state index is 1.05. The maximum absolute atomic E-state index is 2.32. The second kappa shape index (κ2) is 17.4. The summed E-state index contributed by atoms with van der Waals surface area (Å²) in [6, 6.07) is 0. The van der Waals surface area contributed by atoms with Gasteiger partial charge in [0, 0.05) is 0 Å². The molecule has 0 unspecified atom stereocenters. The molecule has 0 saturated heterocycles. The Kier molecular flexibility index (Phi) is 16.1. The summed E-state index contributed by atoms with van der Waals surface area (Å²) in [5.74, 6) is 2.16. The molecule has 25 heavy (non-hydrogen) atoms. The van der Waals surface area contributed by atoms with Crippen LogP contribution in [-0.2, 0) is 0 Å². The Morgan fingerprint density at radius 2 is 1.00 bits per heavy atom. The van der Waals surface area contributed by atoms with Gasteiger partial charge in [-0.25, -0.2) is 0 Å². The summed E-state index contributed by atoms with van der Waals surface area (Å²) in [5.41, 5.74) is 0. The third-order valence-electron chi connectivity index (χ3n) is 6.63. The maximum atomic E-state index is 2.32. The molecule has 0 aromatic rings. The minimum absolute atomic E-state index is 1.05. The van der Waals surface area contributed by atoms with Crippen LogP contribution in [-0.4, -0.2) is 0 Å². The van der Waals surface area contributed by atoms with Crippen LogP contribution in [0.1, 0.15) is 149 Å². The highest BCUT2D eigenvalue weighted by atomic mass is 14.2. The summed E-state index contributed by atoms with van der Waals surface area (Å²) in [6.07, 6.45) is 31.4. The molecule has 0 atom stereocenters. The highest BCUT2D eigenvalue weighted by Crippen LogP contribution is 2.31. The molecule has 0 radical (unpaired) electrons. The van der Waals surface area contributed by atoms with Gasteiger partial charge in [-0.3, -0.25) is 0 Å². The number of rotatable bonds is 18. The van der Waals surface area contributed by atoms with Crippen LogP contribution in [0.3, 0.4) is 0 Å². The largest absolute Gasteiger partial charge is 0.0654 e. The Morgan fingerprint density at radius 1 is 0.560 bits per heavy atom. The van der Waals surface area contributed by atoms with Gasteiger partial charge in [0.2, 0.25) is 0 Å². The SMILES string of the molecule is CCCCCCCCC(CCCCCCCC)CCCC1CCCC1. The molecule has 0 bridgehead atoms. The molecule has 1 fully saturated rings. The van der Waals surface area contributed by atoms with Gasteiger partial charge in [0.1, 0.15) is 0 Å². The summed E-state index contributed by atoms with van der Waals surface area (Å²) in [5, 5.41) is 0. The molecule has 0 aromatic carbocycles. The zero-order valence-corrected chi connectivity index (χ0v) is 18.0. The minimum Gasteiger partial charge on any atom is -0.0654 e. The van der Waals surface area contributed by atoms with E-state index >= 15 is 0 Å². The van der Waals surface area contributed by atoms with E-state index in [1.54, 1.807) is 25.7 Å². The topological polar surface area (TPSA) is 0 Å². The van der Waals surface area contributed by atoms with Crippen molar-refractivity contribution < 1.29 is 0 Å². The fourth-order valence-corrected chi connectivity index (χ4v) is 4.85. The van der Waals surface area contributed by atoms with Crippen molar-refractivity contribution in [3.63, 3.8) is 0 Å². The van der Waals surface area contributed by atoms with E-state index in [1.165, 1.54) is 109 Å². The van der Waals surface area contributed by atoms with Crippen molar-refractivity contribution in [3.05, 3.63) is 0 Å². The maximum Gasteiger partial charge on any atom is -0.0414 e. The second-order valence-electron chi connectivity index (χ2n) is 9.06. The van der Waals surface area contributed by atoms with Gasteiger partial charge >= 0.3 is 0 Å². The van der Waals surface area contributed by atoms with E-state index in [2.05, 4.69) is 13.8 Å². The number of unbranched alkanes of at least 4 members (excludes halogenated alkanes) is 10. The van der Waals surface area contributed by atoms with Crippen molar-refractivity contribution in [2.45, 2.75) is 149 Å². The fraction of sp³-hybridized carbons (Fsp3) is 1.00. The predicted octanol–water partition coefficient (Wildman–Crippen LogP) is 9.46. The van der Waals surface area contributed by atoms with Gasteiger partial charge in [-0.05, 0) is 11.8 Å². The average molecular weight is 351 g/mol. The van der Waals surface area contributed by atoms with Crippen LogP contribution >= 0.6 is 0 Å². The van der Waals surface area contributed by atoms with Crippen molar-refractivity contribution in [3.8, 4) is 0 Å². The summed E-state index contributed by atoms with van der Waals surface area (Å²) < 4.78 is 0. The first-order valence-electron chi connectivity index (χ1n) is 12.4. The highest BCUT2D eigenvalue weighted by molar-refractivity contribution is 4.69. The van der Waals surface area contributed by atoms with Gasteiger partial charge in [0.15, 0.2) is 0 Å². The van der Waals surface area contributed by atoms with Crippen LogP contribution in [0.15, 0.2) is 0 Å². The van der Waals surface area contributed by atoms with E-state index in [-0.39, 0.29) is 0 Å². The Hall–Kier alpha value is 0. The van der Waals surface area contributed by atoms with E-state index in [0.29, 0.717) is 0 Å². The van der Waals surface area contributed by atoms with Crippen LogP contribution in [0.4, 0.5) is 0 Å². The molecule has 1 aliphatic carbocycles. The molecule has 0 N–H and O–H groups in total. The highest BCUT2D eigenvalue weighted by Gasteiger charge is 2.15. The monoisotopic (exact) mass is 350 g/mol. The van der Waals surface area contributed by atoms with Crippen LogP contribution in [0, 0.1) is 11.8 Å². The summed E-state index contributed by atoms with van der Waals surface area (Å²) in [6.45, 7) is 4.64. The molecule has 0 aliphatic heterocycles. The van der Waals surface area contributed by atoms with Crippen molar-refractivity contribution in [1.82, 2.24) is 0 Å². The lowest BCUT2D eigenvalue weighted by Gasteiger charge is -2.18. The Balaban J connectivity index is 2.10. The zero-order valence-electron chi connectivity index (χ0n) is 18.0. The molecule has 0 amide bonds. The first-order chi connectivity index (χ1) is 12.4. The second-order valence-corrected chi connectivity index (χ2v) is 9.06. The first kappa shape index (κ1) is 23.0. The average Bonchev–Trinajstić information content (AvgIpc) is 3.13. The lowest BCUT2D eigenvalue weighted by atomic mass is 9.88. The summed E-state index contributed by atoms with van der Waals surface area (Å²) in [4.78, 5) is 0. The smallest absolute Gasteiger partial charge is 0.0414 e. The van der Waals surface area contributed by atoms with Gasteiger partial charge in [-0.1, -0.05) is 149 Å². The van der Waals surface area contributed by atoms with Crippen LogP contribution in [0.2, 0.25) is 0 Å². The van der Waals surface area contributed by atoms with Crippen molar-refractivity contribution in [2.24, 2.45) is 11.8 Å². The van der Waals surface area contributed by atoms with Crippen molar-refractivity contribution >= 4 is 0 Å². The molecular weight excluding hydrogens is 300 g/mol. The zero-order chi connectivity index (χ0) is 18.0. The van der Waals surface area contributed by atoms with Gasteiger partial charge < -0.3 is 0 Å². The fourth-order valence-electron chi connectivity index (χ4n) is 4.85. The predicted molar refractivity (Wildman–Crippen MR) is 115 cm³/mol. The number of hydrogen-bond donors (Lipinski definition) is 0. The third kappa shape index (κ3) is 13.8. The normalized spacial score (nSPS) is 15.5. The van der Waals surface area contributed by atoms with Gasteiger partial charge in [0.25, 0.3) is 0 Å². The van der Waals surface area contributed by atoms with E-state index < -0.39 is 0 Å². The quantitative estimate of drug-likeness (QED) is 0.216. The molecule has 150 valence electrons. The van der Waals surface area contributed by atoms with E-state index in [4.69, 9.17) is 0 Å². The Morgan fingerprint density at radius 3 is 1.52 bits per heavy atom. The van der Waals surface area contributed by atoms with E-state index in [0.717, 1.165) is 11.8 Å². The molecule has 0 aromatic heterocycles. The molecule has 1 aliphatic rings. The Labute approximate surface area is 160 Å². The first-order valence-corrected chi connectivity index (χ1v) is 12.4. The van der Waals surface area contributed by atoms with Crippen molar-refractivity contribution in [1.29, 1.82) is 0 Å². The molecule has 1 rings (SSSR count). The standard InChI is InChI=1S/C25H50/c1-3-5-7-9-11-13-18-24(19-14-12-10-8-6-4-2)22-17-23-25-20-15-16-21-25/h24-25H,3-23H2,1-2H3. The molecule has 1 saturated carbocycles. The van der Waals surface area contributed by atoms with E-state index in [1.807, 2.05) is 0 Å². The number of hydrogen-bond acceptors (Lipinski definition) is 0. The van der Waals surface area contributed by atoms with Gasteiger partial charge in [0.05, 0.1) is 0 Å². The van der Waals surface area contributed by atoms with Crippen LogP contribution < -0.4 is 0 Å². The molecule has 0 spiro atoms. The van der Waals surface area contributed by atoms with Gasteiger partial charge in [-0.15, -0.1) is 0 Å². The lowest BCUT2D eigenvalue weighted by molar-refractivity contribution is 0.351.